The lowest BCUT2D eigenvalue weighted by molar-refractivity contribution is 0.120. The number of carbonyl (C=O) groups is 1. The summed E-state index contributed by atoms with van der Waals surface area (Å²) in [6, 6.07) is 8.05. The van der Waals surface area contributed by atoms with Gasteiger partial charge in [0.2, 0.25) is 0 Å². The fraction of sp³-hybridized carbons (Fsp3) is 0.300. The molecule has 0 aliphatic carbocycles. The molecule has 1 atom stereocenters. The van der Waals surface area contributed by atoms with Crippen LogP contribution in [-0.4, -0.2) is 19.2 Å². The van der Waals surface area contributed by atoms with Crippen LogP contribution in [0.3, 0.4) is 0 Å². The second-order valence-electron chi connectivity index (χ2n) is 3.23. The SMILES string of the molecule is O=C1NC[C@@H](c2cccc(Br)c2)CO1. The van der Waals surface area contributed by atoms with E-state index in [1.165, 1.54) is 5.56 Å². The molecule has 2 rings (SSSR count). The molecule has 0 aromatic heterocycles. The molecule has 3 nitrogen and oxygen atoms in total. The van der Waals surface area contributed by atoms with Gasteiger partial charge < -0.3 is 10.1 Å². The minimum absolute atomic E-state index is 0.255. The highest BCUT2D eigenvalue weighted by molar-refractivity contribution is 9.10. The van der Waals surface area contributed by atoms with Crippen LogP contribution in [0.25, 0.3) is 0 Å². The predicted octanol–water partition coefficient (Wildman–Crippen LogP) is 2.27. The fourth-order valence-corrected chi connectivity index (χ4v) is 1.88. The van der Waals surface area contributed by atoms with Crippen molar-refractivity contribution in [3.8, 4) is 0 Å². The van der Waals surface area contributed by atoms with Crippen molar-refractivity contribution in [2.24, 2.45) is 0 Å². The number of hydrogen-bond acceptors (Lipinski definition) is 2. The van der Waals surface area contributed by atoms with Crippen LogP contribution in [0.15, 0.2) is 28.7 Å². The third kappa shape index (κ3) is 2.07. The van der Waals surface area contributed by atoms with Gasteiger partial charge in [-0.1, -0.05) is 28.1 Å². The summed E-state index contributed by atoms with van der Waals surface area (Å²) < 4.78 is 5.97. The number of ether oxygens (including phenoxy) is 1. The monoisotopic (exact) mass is 255 g/mol. The number of cyclic esters (lactones) is 1. The topological polar surface area (TPSA) is 38.3 Å². The van der Waals surface area contributed by atoms with Crippen LogP contribution < -0.4 is 5.32 Å². The Bertz CT molecular complexity index is 344. The van der Waals surface area contributed by atoms with Crippen molar-refractivity contribution >= 4 is 22.0 Å². The van der Waals surface area contributed by atoms with E-state index < -0.39 is 0 Å². The number of alkyl carbamates (subject to hydrolysis) is 1. The molecule has 1 fully saturated rings. The van der Waals surface area contributed by atoms with E-state index in [1.54, 1.807) is 0 Å². The molecule has 1 aliphatic rings. The van der Waals surface area contributed by atoms with Crippen LogP contribution in [0.2, 0.25) is 0 Å². The number of carbonyl (C=O) groups excluding carboxylic acids is 1. The highest BCUT2D eigenvalue weighted by atomic mass is 79.9. The van der Waals surface area contributed by atoms with E-state index in [2.05, 4.69) is 21.2 Å². The number of hydrogen-bond donors (Lipinski definition) is 1. The quantitative estimate of drug-likeness (QED) is 0.837. The lowest BCUT2D eigenvalue weighted by Crippen LogP contribution is -2.37. The number of nitrogens with one attached hydrogen (secondary N) is 1. The molecule has 0 unspecified atom stereocenters. The molecule has 1 heterocycles. The molecular formula is C10H10BrNO2. The van der Waals surface area contributed by atoms with Crippen molar-refractivity contribution in [2.45, 2.75) is 5.92 Å². The van der Waals surface area contributed by atoms with Gasteiger partial charge in [0.05, 0.1) is 0 Å². The standard InChI is InChI=1S/C10H10BrNO2/c11-9-3-1-2-7(4-9)8-5-12-10(13)14-6-8/h1-4,8H,5-6H2,(H,12,13)/t8-/m1/s1. The predicted molar refractivity (Wildman–Crippen MR) is 56.2 cm³/mol. The molecule has 0 spiro atoms. The molecule has 1 saturated heterocycles. The summed E-state index contributed by atoms with van der Waals surface area (Å²) in [6.45, 7) is 1.11. The van der Waals surface area contributed by atoms with Gasteiger partial charge in [-0.2, -0.15) is 0 Å². The highest BCUT2D eigenvalue weighted by Gasteiger charge is 2.20. The maximum Gasteiger partial charge on any atom is 0.407 e. The molecule has 14 heavy (non-hydrogen) atoms. The smallest absolute Gasteiger partial charge is 0.407 e. The van der Waals surface area contributed by atoms with Gasteiger partial charge in [-0.05, 0) is 17.7 Å². The number of rotatable bonds is 1. The molecular weight excluding hydrogens is 246 g/mol. The minimum atomic E-state index is -0.323. The lowest BCUT2D eigenvalue weighted by Gasteiger charge is -2.23. The maximum absolute atomic E-state index is 10.8. The van der Waals surface area contributed by atoms with E-state index in [4.69, 9.17) is 4.74 Å². The lowest BCUT2D eigenvalue weighted by atomic mass is 9.99. The molecule has 0 saturated carbocycles. The zero-order valence-electron chi connectivity index (χ0n) is 7.50. The van der Waals surface area contributed by atoms with E-state index >= 15 is 0 Å². The van der Waals surface area contributed by atoms with Crippen LogP contribution >= 0.6 is 15.9 Å². The first kappa shape index (κ1) is 9.52. The number of halogens is 1. The van der Waals surface area contributed by atoms with E-state index in [9.17, 15) is 4.79 Å². The molecule has 1 aromatic rings. The summed E-state index contributed by atoms with van der Waals surface area (Å²) in [4.78, 5) is 10.8. The highest BCUT2D eigenvalue weighted by Crippen LogP contribution is 2.21. The Morgan fingerprint density at radius 2 is 2.36 bits per heavy atom. The molecule has 74 valence electrons. The van der Waals surface area contributed by atoms with Crippen LogP contribution in [0.5, 0.6) is 0 Å². The minimum Gasteiger partial charge on any atom is -0.449 e. The zero-order valence-corrected chi connectivity index (χ0v) is 9.08. The first-order chi connectivity index (χ1) is 6.75. The zero-order chi connectivity index (χ0) is 9.97. The summed E-state index contributed by atoms with van der Waals surface area (Å²) in [5.41, 5.74) is 1.18. The Morgan fingerprint density at radius 3 is 3.00 bits per heavy atom. The first-order valence-corrected chi connectivity index (χ1v) is 5.21. The van der Waals surface area contributed by atoms with Gasteiger partial charge in [-0.3, -0.25) is 0 Å². The fourth-order valence-electron chi connectivity index (χ4n) is 1.47. The Hall–Kier alpha value is -1.03. The van der Waals surface area contributed by atoms with Crippen molar-refractivity contribution in [1.82, 2.24) is 5.32 Å². The molecule has 1 amide bonds. The Kier molecular flexibility index (Phi) is 2.72. The van der Waals surface area contributed by atoms with Crippen molar-refractivity contribution in [1.29, 1.82) is 0 Å². The van der Waals surface area contributed by atoms with Crippen LogP contribution in [0, 0.1) is 0 Å². The van der Waals surface area contributed by atoms with E-state index in [-0.39, 0.29) is 12.0 Å². The molecule has 1 aromatic carbocycles. The van der Waals surface area contributed by atoms with Gasteiger partial charge in [-0.15, -0.1) is 0 Å². The first-order valence-electron chi connectivity index (χ1n) is 4.42. The average Bonchev–Trinajstić information content (AvgIpc) is 2.19. The van der Waals surface area contributed by atoms with E-state index in [0.29, 0.717) is 13.2 Å². The summed E-state index contributed by atoms with van der Waals surface area (Å²) in [7, 11) is 0. The Morgan fingerprint density at radius 1 is 1.50 bits per heavy atom. The summed E-state index contributed by atoms with van der Waals surface area (Å²) in [5, 5.41) is 2.67. The Labute approximate surface area is 90.6 Å². The Balaban J connectivity index is 2.12. The van der Waals surface area contributed by atoms with E-state index in [0.717, 1.165) is 4.47 Å². The van der Waals surface area contributed by atoms with Gasteiger partial charge in [0.15, 0.2) is 0 Å². The number of benzene rings is 1. The number of amides is 1. The molecule has 0 radical (unpaired) electrons. The van der Waals surface area contributed by atoms with Crippen molar-refractivity contribution in [3.63, 3.8) is 0 Å². The molecule has 1 aliphatic heterocycles. The second kappa shape index (κ2) is 4.00. The summed E-state index contributed by atoms with van der Waals surface area (Å²) in [6.07, 6.45) is -0.323. The van der Waals surface area contributed by atoms with Crippen LogP contribution in [0.1, 0.15) is 11.5 Å². The van der Waals surface area contributed by atoms with Crippen molar-refractivity contribution in [2.75, 3.05) is 13.2 Å². The van der Waals surface area contributed by atoms with Crippen molar-refractivity contribution < 1.29 is 9.53 Å². The van der Waals surface area contributed by atoms with Gasteiger partial charge in [0, 0.05) is 16.9 Å². The van der Waals surface area contributed by atoms with Gasteiger partial charge in [0.1, 0.15) is 6.61 Å². The molecule has 1 N–H and O–H groups in total. The second-order valence-corrected chi connectivity index (χ2v) is 4.15. The summed E-state index contributed by atoms with van der Waals surface area (Å²) in [5.74, 6) is 0.255. The third-order valence-electron chi connectivity index (χ3n) is 2.23. The molecule has 4 heteroatoms. The molecule has 0 bridgehead atoms. The van der Waals surface area contributed by atoms with Gasteiger partial charge in [0.25, 0.3) is 0 Å². The largest absolute Gasteiger partial charge is 0.449 e. The van der Waals surface area contributed by atoms with Crippen LogP contribution in [0.4, 0.5) is 4.79 Å². The van der Waals surface area contributed by atoms with Gasteiger partial charge >= 0.3 is 6.09 Å². The third-order valence-corrected chi connectivity index (χ3v) is 2.72. The maximum atomic E-state index is 10.8. The summed E-state index contributed by atoms with van der Waals surface area (Å²) >= 11 is 3.41. The normalized spacial score (nSPS) is 21.2. The van der Waals surface area contributed by atoms with Gasteiger partial charge in [-0.25, -0.2) is 4.79 Å². The average molecular weight is 256 g/mol. The van der Waals surface area contributed by atoms with Crippen molar-refractivity contribution in [3.05, 3.63) is 34.3 Å². The van der Waals surface area contributed by atoms with E-state index in [1.807, 2.05) is 24.3 Å². The van der Waals surface area contributed by atoms with Crippen LogP contribution in [-0.2, 0) is 4.74 Å².